The van der Waals surface area contributed by atoms with Crippen molar-refractivity contribution in [2.75, 3.05) is 7.05 Å². The van der Waals surface area contributed by atoms with Crippen molar-refractivity contribution < 1.29 is 0 Å². The molecule has 2 rings (SSSR count). The number of nitrogens with zero attached hydrogens (tertiary/aromatic N) is 2. The fourth-order valence-corrected chi connectivity index (χ4v) is 3.20. The molecule has 0 aliphatic heterocycles. The number of halogens is 2. The molecule has 1 N–H and O–H groups in total. The molecule has 1 unspecified atom stereocenters. The van der Waals surface area contributed by atoms with Crippen LogP contribution in [0.5, 0.6) is 0 Å². The molecule has 20 heavy (non-hydrogen) atoms. The van der Waals surface area contributed by atoms with Gasteiger partial charge in [0.15, 0.2) is 0 Å². The molecule has 108 valence electrons. The lowest BCUT2D eigenvalue weighted by Gasteiger charge is -2.21. The second kappa shape index (κ2) is 6.74. The molecule has 2 aromatic rings. The third-order valence-electron chi connectivity index (χ3n) is 3.37. The highest BCUT2D eigenvalue weighted by molar-refractivity contribution is 9.10. The summed E-state index contributed by atoms with van der Waals surface area (Å²) in [7, 11) is 1.97. The van der Waals surface area contributed by atoms with Crippen molar-refractivity contribution in [1.82, 2.24) is 15.1 Å². The molecule has 1 heterocycles. The Morgan fingerprint density at radius 2 is 2.20 bits per heavy atom. The quantitative estimate of drug-likeness (QED) is 0.864. The van der Waals surface area contributed by atoms with E-state index in [-0.39, 0.29) is 6.04 Å². The Bertz CT molecular complexity index is 595. The molecule has 5 heteroatoms. The number of hydrogen-bond acceptors (Lipinski definition) is 2. The van der Waals surface area contributed by atoms with Gasteiger partial charge in [-0.25, -0.2) is 0 Å². The summed E-state index contributed by atoms with van der Waals surface area (Å²) in [6.45, 7) is 5.15. The highest BCUT2D eigenvalue weighted by Gasteiger charge is 2.21. The van der Waals surface area contributed by atoms with E-state index in [0.29, 0.717) is 0 Å². The van der Waals surface area contributed by atoms with E-state index in [2.05, 4.69) is 50.9 Å². The molecule has 0 radical (unpaired) electrons. The maximum atomic E-state index is 6.05. The van der Waals surface area contributed by atoms with E-state index in [9.17, 15) is 0 Å². The zero-order valence-corrected chi connectivity index (χ0v) is 14.3. The zero-order valence-electron chi connectivity index (χ0n) is 12.0. The Kier molecular flexibility index (Phi) is 5.24. The molecule has 1 aromatic carbocycles. The Morgan fingerprint density at radius 3 is 2.80 bits per heavy atom. The van der Waals surface area contributed by atoms with Crippen LogP contribution in [0, 0.1) is 6.92 Å². The number of aryl methyl sites for hydroxylation is 2. The fraction of sp³-hybridized carbons (Fsp3) is 0.400. The van der Waals surface area contributed by atoms with Crippen molar-refractivity contribution in [3.8, 4) is 0 Å². The van der Waals surface area contributed by atoms with Crippen LogP contribution in [0.2, 0.25) is 5.02 Å². The minimum absolute atomic E-state index is 0.0932. The van der Waals surface area contributed by atoms with Crippen LogP contribution >= 0.6 is 27.5 Å². The number of hydrogen-bond donors (Lipinski definition) is 1. The van der Waals surface area contributed by atoms with Crippen LogP contribution in [-0.4, -0.2) is 16.8 Å². The third-order valence-corrected chi connectivity index (χ3v) is 4.22. The average Bonchev–Trinajstić information content (AvgIpc) is 2.75. The van der Waals surface area contributed by atoms with Crippen LogP contribution in [0.3, 0.4) is 0 Å². The van der Waals surface area contributed by atoms with Crippen molar-refractivity contribution >= 4 is 27.5 Å². The Balaban J connectivity index is 2.49. The molecule has 1 atom stereocenters. The predicted molar refractivity (Wildman–Crippen MR) is 87.3 cm³/mol. The van der Waals surface area contributed by atoms with Gasteiger partial charge in [0.2, 0.25) is 0 Å². The van der Waals surface area contributed by atoms with Gasteiger partial charge in [-0.2, -0.15) is 5.10 Å². The van der Waals surface area contributed by atoms with Gasteiger partial charge < -0.3 is 5.32 Å². The largest absolute Gasteiger partial charge is 0.308 e. The summed E-state index contributed by atoms with van der Waals surface area (Å²) in [5, 5.41) is 8.60. The summed E-state index contributed by atoms with van der Waals surface area (Å²) in [5.74, 6) is 0. The molecular weight excluding hydrogens is 338 g/mol. The van der Waals surface area contributed by atoms with Gasteiger partial charge in [-0.3, -0.25) is 4.68 Å². The topological polar surface area (TPSA) is 29.9 Å². The maximum Gasteiger partial charge on any atom is 0.0760 e. The highest BCUT2D eigenvalue weighted by atomic mass is 79.9. The monoisotopic (exact) mass is 355 g/mol. The normalized spacial score (nSPS) is 12.7. The first-order valence-corrected chi connectivity index (χ1v) is 7.90. The molecule has 1 aromatic heterocycles. The fourth-order valence-electron chi connectivity index (χ4n) is 2.45. The smallest absolute Gasteiger partial charge is 0.0760 e. The highest BCUT2D eigenvalue weighted by Crippen LogP contribution is 2.31. The van der Waals surface area contributed by atoms with Crippen molar-refractivity contribution in [2.45, 2.75) is 32.9 Å². The summed E-state index contributed by atoms with van der Waals surface area (Å²) in [5.41, 5.74) is 3.54. The molecule has 3 nitrogen and oxygen atoms in total. The molecule has 0 spiro atoms. The summed E-state index contributed by atoms with van der Waals surface area (Å²) in [4.78, 5) is 0. The summed E-state index contributed by atoms with van der Waals surface area (Å²) in [6.07, 6.45) is 2.91. The second-order valence-electron chi connectivity index (χ2n) is 4.82. The second-order valence-corrected chi connectivity index (χ2v) is 6.11. The van der Waals surface area contributed by atoms with E-state index in [4.69, 9.17) is 11.6 Å². The van der Waals surface area contributed by atoms with Crippen LogP contribution in [0.15, 0.2) is 28.9 Å². The van der Waals surface area contributed by atoms with Crippen molar-refractivity contribution in [2.24, 2.45) is 0 Å². The van der Waals surface area contributed by atoms with Crippen LogP contribution in [-0.2, 0) is 6.54 Å². The lowest BCUT2D eigenvalue weighted by molar-refractivity contribution is 0.532. The molecule has 0 aliphatic rings. The standard InChI is InChI=1S/C15H19BrClN3/c1-4-7-20-15(13(16)9-19-20)14(18-3)12-6-5-11(17)8-10(12)2/h5-6,8-9,14,18H,4,7H2,1-3H3. The van der Waals surface area contributed by atoms with Gasteiger partial charge in [0, 0.05) is 11.6 Å². The minimum atomic E-state index is 0.0932. The van der Waals surface area contributed by atoms with E-state index >= 15 is 0 Å². The van der Waals surface area contributed by atoms with Crippen molar-refractivity contribution in [3.63, 3.8) is 0 Å². The van der Waals surface area contributed by atoms with Crippen LogP contribution in [0.25, 0.3) is 0 Å². The van der Waals surface area contributed by atoms with Crippen LogP contribution in [0.1, 0.15) is 36.2 Å². The number of aromatic nitrogens is 2. The summed E-state index contributed by atoms with van der Waals surface area (Å²) < 4.78 is 3.08. The van der Waals surface area contributed by atoms with E-state index in [1.807, 2.05) is 25.4 Å². The minimum Gasteiger partial charge on any atom is -0.308 e. The lowest BCUT2D eigenvalue weighted by atomic mass is 9.99. The van der Waals surface area contributed by atoms with E-state index in [1.165, 1.54) is 11.1 Å². The zero-order chi connectivity index (χ0) is 14.7. The molecule has 0 saturated carbocycles. The number of nitrogens with one attached hydrogen (secondary N) is 1. The molecule has 0 fully saturated rings. The first-order valence-electron chi connectivity index (χ1n) is 6.73. The number of rotatable bonds is 5. The van der Waals surface area contributed by atoms with Gasteiger partial charge in [-0.05, 0) is 59.6 Å². The van der Waals surface area contributed by atoms with Gasteiger partial charge in [-0.1, -0.05) is 24.6 Å². The summed E-state index contributed by atoms with van der Waals surface area (Å²) >= 11 is 9.67. The average molecular weight is 357 g/mol. The van der Waals surface area contributed by atoms with E-state index in [1.54, 1.807) is 0 Å². The van der Waals surface area contributed by atoms with Gasteiger partial charge in [0.1, 0.15) is 0 Å². The molecule has 0 aliphatic carbocycles. The first kappa shape index (κ1) is 15.5. The Labute approximate surface area is 133 Å². The SMILES string of the molecule is CCCn1ncc(Br)c1C(NC)c1ccc(Cl)cc1C. The van der Waals surface area contributed by atoms with Gasteiger partial charge in [-0.15, -0.1) is 0 Å². The van der Waals surface area contributed by atoms with Crippen molar-refractivity contribution in [3.05, 3.63) is 50.7 Å². The predicted octanol–water partition coefficient (Wildman–Crippen LogP) is 4.33. The first-order chi connectivity index (χ1) is 9.58. The molecule has 0 saturated heterocycles. The van der Waals surface area contributed by atoms with Gasteiger partial charge >= 0.3 is 0 Å². The molecule has 0 amide bonds. The lowest BCUT2D eigenvalue weighted by Crippen LogP contribution is -2.23. The Hall–Kier alpha value is -0.840. The van der Waals surface area contributed by atoms with E-state index < -0.39 is 0 Å². The molecule has 0 bridgehead atoms. The summed E-state index contributed by atoms with van der Waals surface area (Å²) in [6, 6.07) is 6.10. The maximum absolute atomic E-state index is 6.05. The molecular formula is C15H19BrClN3. The van der Waals surface area contributed by atoms with Gasteiger partial charge in [0.05, 0.1) is 22.4 Å². The van der Waals surface area contributed by atoms with Crippen molar-refractivity contribution in [1.29, 1.82) is 0 Å². The Morgan fingerprint density at radius 1 is 1.45 bits per heavy atom. The van der Waals surface area contributed by atoms with Crippen LogP contribution < -0.4 is 5.32 Å². The number of benzene rings is 1. The van der Waals surface area contributed by atoms with E-state index in [0.717, 1.165) is 28.2 Å². The van der Waals surface area contributed by atoms with Crippen LogP contribution in [0.4, 0.5) is 0 Å². The van der Waals surface area contributed by atoms with Gasteiger partial charge in [0.25, 0.3) is 0 Å². The third kappa shape index (κ3) is 3.08.